The van der Waals surface area contributed by atoms with Crippen molar-refractivity contribution < 1.29 is 24.2 Å². The number of imide groups is 1. The Labute approximate surface area is 141 Å². The van der Waals surface area contributed by atoms with Gasteiger partial charge in [-0.25, -0.2) is 0 Å². The second-order valence-electron chi connectivity index (χ2n) is 6.42. The maximum absolute atomic E-state index is 12.4. The number of benzene rings is 1. The van der Waals surface area contributed by atoms with Gasteiger partial charge in [0.1, 0.15) is 24.2 Å². The highest BCUT2D eigenvalue weighted by Gasteiger charge is 2.48. The topological polar surface area (TPSA) is 76.1 Å². The molecule has 1 aromatic rings. The summed E-state index contributed by atoms with van der Waals surface area (Å²) in [6, 6.07) is 7.01. The van der Waals surface area contributed by atoms with E-state index in [9.17, 15) is 14.7 Å². The van der Waals surface area contributed by atoms with Crippen molar-refractivity contribution in [2.75, 3.05) is 20.3 Å². The number of ether oxygens (including phenoxy) is 2. The average Bonchev–Trinajstić information content (AvgIpc) is 2.86. The fourth-order valence-corrected chi connectivity index (χ4v) is 3.54. The quantitative estimate of drug-likeness (QED) is 0.801. The van der Waals surface area contributed by atoms with Gasteiger partial charge >= 0.3 is 0 Å². The van der Waals surface area contributed by atoms with Crippen LogP contribution in [0.15, 0.2) is 24.3 Å². The Morgan fingerprint density at radius 3 is 2.17 bits per heavy atom. The van der Waals surface area contributed by atoms with Crippen molar-refractivity contribution in [2.24, 2.45) is 11.8 Å². The van der Waals surface area contributed by atoms with Gasteiger partial charge in [-0.3, -0.25) is 14.5 Å². The number of fused-ring (bicyclic) bond motifs is 1. The maximum atomic E-state index is 12.4. The molecule has 0 aromatic heterocycles. The van der Waals surface area contributed by atoms with Gasteiger partial charge in [0.2, 0.25) is 11.8 Å². The van der Waals surface area contributed by atoms with Crippen LogP contribution in [-0.4, -0.2) is 48.2 Å². The van der Waals surface area contributed by atoms with Crippen LogP contribution in [0.1, 0.15) is 25.7 Å². The molecule has 6 heteroatoms. The lowest BCUT2D eigenvalue weighted by atomic mass is 9.81. The lowest BCUT2D eigenvalue weighted by Gasteiger charge is -2.19. The fourth-order valence-electron chi connectivity index (χ4n) is 3.54. The molecule has 3 rings (SSSR count). The highest BCUT2D eigenvalue weighted by atomic mass is 16.5. The summed E-state index contributed by atoms with van der Waals surface area (Å²) in [5, 5.41) is 10.1. The molecular weight excluding hydrogens is 310 g/mol. The summed E-state index contributed by atoms with van der Waals surface area (Å²) >= 11 is 0. The number of hydrogen-bond donors (Lipinski definition) is 1. The van der Waals surface area contributed by atoms with Crippen LogP contribution in [0, 0.1) is 11.8 Å². The Kier molecular flexibility index (Phi) is 5.04. The van der Waals surface area contributed by atoms with Gasteiger partial charge in [-0.2, -0.15) is 0 Å². The smallest absolute Gasteiger partial charge is 0.233 e. The summed E-state index contributed by atoms with van der Waals surface area (Å²) in [5.74, 6) is 0.699. The van der Waals surface area contributed by atoms with E-state index in [2.05, 4.69) is 0 Å². The zero-order valence-corrected chi connectivity index (χ0v) is 13.8. The molecule has 1 saturated heterocycles. The second kappa shape index (κ2) is 7.21. The second-order valence-corrected chi connectivity index (χ2v) is 6.42. The molecule has 6 nitrogen and oxygen atoms in total. The van der Waals surface area contributed by atoms with Crippen molar-refractivity contribution in [1.82, 2.24) is 4.90 Å². The van der Waals surface area contributed by atoms with Gasteiger partial charge in [-0.1, -0.05) is 12.8 Å². The van der Waals surface area contributed by atoms with Gasteiger partial charge in [0.05, 0.1) is 25.5 Å². The SMILES string of the molecule is COc1ccc(OC[C@H](O)CN2C(=O)[C@@H]3CCCC[C@H]3C2=O)cc1. The third kappa shape index (κ3) is 3.38. The van der Waals surface area contributed by atoms with Crippen LogP contribution < -0.4 is 9.47 Å². The molecule has 1 aromatic carbocycles. The van der Waals surface area contributed by atoms with Gasteiger partial charge in [0.25, 0.3) is 0 Å². The Balaban J connectivity index is 1.53. The summed E-state index contributed by atoms with van der Waals surface area (Å²) in [6.45, 7) is 0.0273. The number of likely N-dealkylation sites (tertiary alicyclic amines) is 1. The average molecular weight is 333 g/mol. The van der Waals surface area contributed by atoms with E-state index in [0.29, 0.717) is 5.75 Å². The van der Waals surface area contributed by atoms with Crippen LogP contribution >= 0.6 is 0 Å². The predicted octanol–water partition coefficient (Wildman–Crippen LogP) is 1.61. The van der Waals surface area contributed by atoms with Gasteiger partial charge in [0.15, 0.2) is 0 Å². The lowest BCUT2D eigenvalue weighted by Crippen LogP contribution is -2.40. The van der Waals surface area contributed by atoms with E-state index in [-0.39, 0.29) is 36.8 Å². The van der Waals surface area contributed by atoms with E-state index in [4.69, 9.17) is 9.47 Å². The number of hydrogen-bond acceptors (Lipinski definition) is 5. The highest BCUT2D eigenvalue weighted by Crippen LogP contribution is 2.37. The minimum absolute atomic E-state index is 0.000815. The third-order valence-electron chi connectivity index (χ3n) is 4.83. The van der Waals surface area contributed by atoms with E-state index >= 15 is 0 Å². The van der Waals surface area contributed by atoms with Crippen LogP contribution in [0.5, 0.6) is 11.5 Å². The van der Waals surface area contributed by atoms with Gasteiger partial charge in [0, 0.05) is 0 Å². The number of aliphatic hydroxyl groups is 1. The Bertz CT molecular complexity index is 576. The molecule has 1 aliphatic carbocycles. The van der Waals surface area contributed by atoms with Gasteiger partial charge in [-0.05, 0) is 37.1 Å². The Hall–Kier alpha value is -2.08. The number of methoxy groups -OCH3 is 1. The van der Waals surface area contributed by atoms with E-state index in [1.54, 1.807) is 31.4 Å². The van der Waals surface area contributed by atoms with Crippen LogP contribution in [0.3, 0.4) is 0 Å². The van der Waals surface area contributed by atoms with Crippen LogP contribution in [-0.2, 0) is 9.59 Å². The summed E-state index contributed by atoms with van der Waals surface area (Å²) < 4.78 is 10.6. The standard InChI is InChI=1S/C18H23NO5/c1-23-13-6-8-14(9-7-13)24-11-12(20)10-19-17(21)15-4-2-3-5-16(15)18(19)22/h6-9,12,15-16,20H,2-5,10-11H2,1H3/t12-,15-,16-/m1/s1. The van der Waals surface area contributed by atoms with Gasteiger partial charge in [-0.15, -0.1) is 0 Å². The van der Waals surface area contributed by atoms with Crippen molar-refractivity contribution in [2.45, 2.75) is 31.8 Å². The number of β-amino-alcohol motifs (C(OH)–C–C–N with tert-alkyl or cyclic N) is 1. The lowest BCUT2D eigenvalue weighted by molar-refractivity contribution is -0.141. The number of carbonyl (C=O) groups is 2. The Morgan fingerprint density at radius 2 is 1.62 bits per heavy atom. The number of amides is 2. The molecule has 1 aliphatic heterocycles. The van der Waals surface area contributed by atoms with E-state index in [0.717, 1.165) is 31.4 Å². The van der Waals surface area contributed by atoms with Crippen LogP contribution in [0.25, 0.3) is 0 Å². The number of nitrogens with zero attached hydrogens (tertiary/aromatic N) is 1. The van der Waals surface area contributed by atoms with Crippen molar-refractivity contribution in [3.8, 4) is 11.5 Å². The molecule has 1 N–H and O–H groups in total. The summed E-state index contributed by atoms with van der Waals surface area (Å²) in [5.41, 5.74) is 0. The molecule has 130 valence electrons. The molecule has 3 atom stereocenters. The molecule has 1 saturated carbocycles. The molecule has 0 unspecified atom stereocenters. The molecule has 2 fully saturated rings. The summed E-state index contributed by atoms with van der Waals surface area (Å²) in [6.07, 6.45) is 2.66. The van der Waals surface area contributed by atoms with Crippen molar-refractivity contribution in [3.63, 3.8) is 0 Å². The molecular formula is C18H23NO5. The van der Waals surface area contributed by atoms with Crippen LogP contribution in [0.2, 0.25) is 0 Å². The highest BCUT2D eigenvalue weighted by molar-refractivity contribution is 6.05. The Morgan fingerprint density at radius 1 is 1.08 bits per heavy atom. The summed E-state index contributed by atoms with van der Waals surface area (Å²) in [4.78, 5) is 26.0. The molecule has 1 heterocycles. The fraction of sp³-hybridized carbons (Fsp3) is 0.556. The zero-order valence-electron chi connectivity index (χ0n) is 13.8. The van der Waals surface area contributed by atoms with E-state index in [1.807, 2.05) is 0 Å². The normalized spacial score (nSPS) is 24.7. The first-order chi connectivity index (χ1) is 11.6. The molecule has 2 amide bonds. The number of aliphatic hydroxyl groups excluding tert-OH is 1. The largest absolute Gasteiger partial charge is 0.497 e. The molecule has 2 aliphatic rings. The first kappa shape index (κ1) is 16.8. The van der Waals surface area contributed by atoms with Crippen molar-refractivity contribution >= 4 is 11.8 Å². The van der Waals surface area contributed by atoms with E-state index < -0.39 is 6.10 Å². The van der Waals surface area contributed by atoms with E-state index in [1.165, 1.54) is 4.90 Å². The number of rotatable bonds is 6. The molecule has 0 bridgehead atoms. The monoisotopic (exact) mass is 333 g/mol. The third-order valence-corrected chi connectivity index (χ3v) is 4.83. The molecule has 0 spiro atoms. The molecule has 24 heavy (non-hydrogen) atoms. The minimum Gasteiger partial charge on any atom is -0.497 e. The first-order valence-corrected chi connectivity index (χ1v) is 8.40. The van der Waals surface area contributed by atoms with Gasteiger partial charge < -0.3 is 14.6 Å². The first-order valence-electron chi connectivity index (χ1n) is 8.40. The van der Waals surface area contributed by atoms with Crippen LogP contribution in [0.4, 0.5) is 0 Å². The number of carbonyl (C=O) groups excluding carboxylic acids is 2. The minimum atomic E-state index is -0.903. The van der Waals surface area contributed by atoms with Crippen molar-refractivity contribution in [3.05, 3.63) is 24.3 Å². The zero-order chi connectivity index (χ0) is 17.1. The maximum Gasteiger partial charge on any atom is 0.233 e. The molecule has 0 radical (unpaired) electrons. The van der Waals surface area contributed by atoms with Crippen molar-refractivity contribution in [1.29, 1.82) is 0 Å². The summed E-state index contributed by atoms with van der Waals surface area (Å²) in [7, 11) is 1.58. The predicted molar refractivity (Wildman–Crippen MR) is 86.7 cm³/mol.